The molecular weight excluding hydrogens is 386 g/mol. The van der Waals surface area contributed by atoms with Gasteiger partial charge in [-0.1, -0.05) is 18.6 Å². The summed E-state index contributed by atoms with van der Waals surface area (Å²) < 4.78 is 5.47. The topological polar surface area (TPSA) is 52.1 Å². The summed E-state index contributed by atoms with van der Waals surface area (Å²) in [6, 6.07) is 6.47. The molecule has 6 nitrogen and oxygen atoms in total. The molecule has 3 rings (SSSR count). The average Bonchev–Trinajstić information content (AvgIpc) is 2.80. The predicted molar refractivity (Wildman–Crippen MR) is 130 cm³/mol. The van der Waals surface area contributed by atoms with Gasteiger partial charge in [-0.25, -0.2) is 0 Å². The van der Waals surface area contributed by atoms with Crippen LogP contribution >= 0.6 is 0 Å². The van der Waals surface area contributed by atoms with Gasteiger partial charge in [0.15, 0.2) is 5.96 Å². The first-order chi connectivity index (χ1) is 15.1. The van der Waals surface area contributed by atoms with Gasteiger partial charge in [0, 0.05) is 18.6 Å². The second-order valence-electron chi connectivity index (χ2n) is 9.25. The van der Waals surface area contributed by atoms with E-state index >= 15 is 0 Å². The molecule has 0 unspecified atom stereocenters. The molecule has 1 aromatic carbocycles. The highest BCUT2D eigenvalue weighted by Gasteiger charge is 2.39. The minimum absolute atomic E-state index is 0.222. The Kier molecular flexibility index (Phi) is 9.02. The van der Waals surface area contributed by atoms with E-state index in [9.17, 15) is 0 Å². The fourth-order valence-electron chi connectivity index (χ4n) is 4.89. The Morgan fingerprint density at radius 1 is 1.10 bits per heavy atom. The van der Waals surface area contributed by atoms with Gasteiger partial charge in [-0.2, -0.15) is 0 Å². The van der Waals surface area contributed by atoms with E-state index in [1.807, 2.05) is 0 Å². The van der Waals surface area contributed by atoms with Gasteiger partial charge in [0.25, 0.3) is 0 Å². The molecule has 0 spiro atoms. The van der Waals surface area contributed by atoms with Gasteiger partial charge >= 0.3 is 0 Å². The van der Waals surface area contributed by atoms with E-state index in [1.54, 1.807) is 7.11 Å². The van der Waals surface area contributed by atoms with Crippen LogP contribution in [-0.4, -0.2) is 81.3 Å². The molecule has 0 aliphatic carbocycles. The van der Waals surface area contributed by atoms with Crippen LogP contribution in [-0.2, 0) is 6.42 Å². The van der Waals surface area contributed by atoms with Crippen LogP contribution in [0.2, 0.25) is 0 Å². The Bertz CT molecular complexity index is 706. The average molecular weight is 430 g/mol. The molecule has 2 heterocycles. The van der Waals surface area contributed by atoms with Crippen LogP contribution in [0.1, 0.15) is 50.2 Å². The highest BCUT2D eigenvalue weighted by molar-refractivity contribution is 5.79. The third-order valence-corrected chi connectivity index (χ3v) is 7.00. The van der Waals surface area contributed by atoms with Crippen LogP contribution in [0.5, 0.6) is 5.75 Å². The molecule has 2 saturated heterocycles. The van der Waals surface area contributed by atoms with Crippen molar-refractivity contribution < 1.29 is 4.74 Å². The Morgan fingerprint density at radius 2 is 1.84 bits per heavy atom. The fourth-order valence-corrected chi connectivity index (χ4v) is 4.89. The van der Waals surface area contributed by atoms with Crippen molar-refractivity contribution in [2.45, 2.75) is 57.9 Å². The van der Waals surface area contributed by atoms with Gasteiger partial charge in [0.2, 0.25) is 0 Å². The van der Waals surface area contributed by atoms with Crippen LogP contribution in [0.25, 0.3) is 0 Å². The lowest BCUT2D eigenvalue weighted by atomic mass is 9.84. The number of nitrogens with one attached hydrogen (secondary N) is 2. The third-order valence-electron chi connectivity index (χ3n) is 7.00. The molecule has 2 N–H and O–H groups in total. The Balaban J connectivity index is 1.62. The summed E-state index contributed by atoms with van der Waals surface area (Å²) in [5.74, 6) is 1.90. The summed E-state index contributed by atoms with van der Waals surface area (Å²) in [5.41, 5.74) is 2.68. The first-order valence-corrected chi connectivity index (χ1v) is 12.2. The van der Waals surface area contributed by atoms with Crippen molar-refractivity contribution in [3.8, 4) is 5.75 Å². The van der Waals surface area contributed by atoms with Gasteiger partial charge in [-0.05, 0) is 96.4 Å². The first kappa shape index (κ1) is 23.9. The number of aryl methyl sites for hydroxylation is 1. The number of nitrogens with zero attached hydrogens (tertiary/aromatic N) is 3. The molecule has 0 saturated carbocycles. The van der Waals surface area contributed by atoms with E-state index in [0.29, 0.717) is 0 Å². The molecule has 0 atom stereocenters. The molecule has 1 aromatic rings. The van der Waals surface area contributed by atoms with Crippen molar-refractivity contribution in [1.82, 2.24) is 20.4 Å². The minimum Gasteiger partial charge on any atom is -0.496 e. The monoisotopic (exact) mass is 429 g/mol. The quantitative estimate of drug-likeness (QED) is 0.491. The smallest absolute Gasteiger partial charge is 0.191 e. The number of piperidine rings is 2. The summed E-state index contributed by atoms with van der Waals surface area (Å²) in [5, 5.41) is 7.01. The molecule has 2 aliphatic rings. The van der Waals surface area contributed by atoms with Gasteiger partial charge in [-0.3, -0.25) is 9.89 Å². The lowest BCUT2D eigenvalue weighted by Gasteiger charge is -2.49. The van der Waals surface area contributed by atoms with Crippen LogP contribution in [0.4, 0.5) is 0 Å². The highest BCUT2D eigenvalue weighted by atomic mass is 16.5. The van der Waals surface area contributed by atoms with Gasteiger partial charge in [-0.15, -0.1) is 0 Å². The molecule has 6 heteroatoms. The zero-order valence-corrected chi connectivity index (χ0v) is 20.2. The normalized spacial score (nSPS) is 20.5. The number of rotatable bonds is 8. The number of ether oxygens (including phenoxy) is 1. The molecule has 31 heavy (non-hydrogen) atoms. The number of hydrogen-bond donors (Lipinski definition) is 2. The maximum absolute atomic E-state index is 5.47. The van der Waals surface area contributed by atoms with E-state index in [4.69, 9.17) is 9.73 Å². The fraction of sp³-hybridized carbons (Fsp3) is 0.720. The first-order valence-electron chi connectivity index (χ1n) is 12.2. The predicted octanol–water partition coefficient (Wildman–Crippen LogP) is 3.05. The summed E-state index contributed by atoms with van der Waals surface area (Å²) in [4.78, 5) is 10.3. The van der Waals surface area contributed by atoms with E-state index in [2.05, 4.69) is 59.5 Å². The van der Waals surface area contributed by atoms with Gasteiger partial charge < -0.3 is 20.3 Å². The summed E-state index contributed by atoms with van der Waals surface area (Å²) in [6.07, 6.45) is 7.43. The van der Waals surface area contributed by atoms with Crippen molar-refractivity contribution in [2.24, 2.45) is 4.99 Å². The largest absolute Gasteiger partial charge is 0.496 e. The van der Waals surface area contributed by atoms with Crippen LogP contribution in [0.3, 0.4) is 0 Å². The van der Waals surface area contributed by atoms with Crippen molar-refractivity contribution in [1.29, 1.82) is 0 Å². The van der Waals surface area contributed by atoms with E-state index in [1.165, 1.54) is 69.4 Å². The van der Waals surface area contributed by atoms with Crippen LogP contribution < -0.4 is 15.4 Å². The second kappa shape index (κ2) is 11.7. The standard InChI is InChI=1S/C25H43N5O/c1-5-26-24(27-14-11-22-10-9-21(2)23(19-22)31-4)28-20-25(12-17-29(3)18-13-25)30-15-7-6-8-16-30/h9-10,19H,5-8,11-18,20H2,1-4H3,(H2,26,27,28). The van der Waals surface area contributed by atoms with Crippen molar-refractivity contribution >= 4 is 5.96 Å². The minimum atomic E-state index is 0.222. The lowest BCUT2D eigenvalue weighted by Crippen LogP contribution is -2.58. The maximum Gasteiger partial charge on any atom is 0.191 e. The number of likely N-dealkylation sites (tertiary alicyclic amines) is 2. The highest BCUT2D eigenvalue weighted by Crippen LogP contribution is 2.31. The zero-order chi connectivity index (χ0) is 22.1. The third kappa shape index (κ3) is 6.59. The van der Waals surface area contributed by atoms with Gasteiger partial charge in [0.05, 0.1) is 13.7 Å². The lowest BCUT2D eigenvalue weighted by molar-refractivity contribution is 0.0208. The number of aliphatic imine (C=N–C) groups is 1. The van der Waals surface area contributed by atoms with Gasteiger partial charge in [0.1, 0.15) is 5.75 Å². The SMILES string of the molecule is CCNC(=NCC1(N2CCCCC2)CCN(C)CC1)NCCc1ccc(C)c(OC)c1. The van der Waals surface area contributed by atoms with Crippen molar-refractivity contribution in [2.75, 3.05) is 60.0 Å². The van der Waals surface area contributed by atoms with E-state index in [0.717, 1.165) is 37.8 Å². The number of benzene rings is 1. The molecule has 0 radical (unpaired) electrons. The number of guanidine groups is 1. The number of hydrogen-bond acceptors (Lipinski definition) is 4. The summed E-state index contributed by atoms with van der Waals surface area (Å²) in [7, 11) is 3.98. The molecular formula is C25H43N5O. The van der Waals surface area contributed by atoms with Crippen LogP contribution in [0, 0.1) is 6.92 Å². The Hall–Kier alpha value is -1.79. The van der Waals surface area contributed by atoms with E-state index in [-0.39, 0.29) is 5.54 Å². The Labute approximate surface area is 189 Å². The maximum atomic E-state index is 5.47. The molecule has 174 valence electrons. The molecule has 0 bridgehead atoms. The molecule has 2 fully saturated rings. The molecule has 2 aliphatic heterocycles. The van der Waals surface area contributed by atoms with Crippen LogP contribution in [0.15, 0.2) is 23.2 Å². The second-order valence-corrected chi connectivity index (χ2v) is 9.25. The van der Waals surface area contributed by atoms with Crippen molar-refractivity contribution in [3.63, 3.8) is 0 Å². The van der Waals surface area contributed by atoms with Crippen molar-refractivity contribution in [3.05, 3.63) is 29.3 Å². The summed E-state index contributed by atoms with van der Waals surface area (Å²) >= 11 is 0. The Morgan fingerprint density at radius 3 is 2.52 bits per heavy atom. The molecule has 0 amide bonds. The number of methoxy groups -OCH3 is 1. The van der Waals surface area contributed by atoms with E-state index < -0.39 is 0 Å². The molecule has 0 aromatic heterocycles. The zero-order valence-electron chi connectivity index (χ0n) is 20.2. The summed E-state index contributed by atoms with van der Waals surface area (Å²) in [6.45, 7) is 11.7.